The summed E-state index contributed by atoms with van der Waals surface area (Å²) >= 11 is 0. The van der Waals surface area contributed by atoms with Gasteiger partial charge in [0.15, 0.2) is 0 Å². The van der Waals surface area contributed by atoms with Gasteiger partial charge < -0.3 is 0 Å². The smallest absolute Gasteiger partial charge is 0.243 e. The highest BCUT2D eigenvalue weighted by Crippen LogP contribution is 2.11. The number of hydrogen-bond donors (Lipinski definition) is 3. The number of nitrogens with one attached hydrogen (secondary N) is 2. The van der Waals surface area contributed by atoms with Gasteiger partial charge in [0.05, 0.1) is 24.3 Å². The second-order valence-corrected chi connectivity index (χ2v) is 4.78. The van der Waals surface area contributed by atoms with E-state index < -0.39 is 5.92 Å². The lowest BCUT2D eigenvalue weighted by Crippen LogP contribution is -2.40. The summed E-state index contributed by atoms with van der Waals surface area (Å²) in [5, 5.41) is 9.77. The number of unbranched alkanes of at least 4 members (excludes halogenated alkanes) is 2. The predicted molar refractivity (Wildman–Crippen MR) is 78.2 cm³/mol. The Bertz CT molecular complexity index is 427. The first kappa shape index (κ1) is 16.9. The Morgan fingerprint density at radius 3 is 2.95 bits per heavy atom. The summed E-state index contributed by atoms with van der Waals surface area (Å²) in [4.78, 5) is 26.5. The molecule has 0 fully saturated rings. The molecule has 3 N–H and O–H groups in total. The van der Waals surface area contributed by atoms with E-state index in [0.29, 0.717) is 23.6 Å². The van der Waals surface area contributed by atoms with Crippen LogP contribution in [0.4, 0.5) is 5.69 Å². The number of carbonyl (C=O) groups is 2. The Kier molecular flexibility index (Phi) is 7.81. The fourth-order valence-electron chi connectivity index (χ4n) is 1.89. The van der Waals surface area contributed by atoms with Crippen LogP contribution >= 0.6 is 0 Å². The van der Waals surface area contributed by atoms with Crippen molar-refractivity contribution in [1.29, 1.82) is 0 Å². The molecule has 0 aliphatic rings. The van der Waals surface area contributed by atoms with E-state index >= 15 is 0 Å². The molecule has 0 aliphatic carbocycles. The molecule has 0 aliphatic heterocycles. The van der Waals surface area contributed by atoms with E-state index in [1.54, 1.807) is 24.5 Å². The topological polar surface area (TPSA) is 94.6 Å². The summed E-state index contributed by atoms with van der Waals surface area (Å²) in [5.74, 6) is -0.730. The van der Waals surface area contributed by atoms with Gasteiger partial charge in [-0.05, 0) is 18.6 Å². The van der Waals surface area contributed by atoms with Gasteiger partial charge in [0.1, 0.15) is 0 Å². The van der Waals surface area contributed by atoms with E-state index in [-0.39, 0.29) is 12.5 Å². The number of rotatable bonds is 10. The first-order valence-electron chi connectivity index (χ1n) is 7.04. The van der Waals surface area contributed by atoms with E-state index in [9.17, 15) is 14.8 Å². The lowest BCUT2D eigenvalue weighted by molar-refractivity contribution is -0.154. The third-order valence-electron chi connectivity index (χ3n) is 3.05. The number of carbonyl (C=O) groups excluding carboxylic acids is 2. The summed E-state index contributed by atoms with van der Waals surface area (Å²) in [5.41, 5.74) is 5.99. The van der Waals surface area contributed by atoms with Gasteiger partial charge in [-0.25, -0.2) is 5.06 Å². The van der Waals surface area contributed by atoms with Crippen LogP contribution in [0, 0.1) is 5.92 Å². The highest BCUT2D eigenvalue weighted by molar-refractivity contribution is 5.80. The van der Waals surface area contributed by atoms with Crippen LogP contribution in [-0.2, 0) is 9.59 Å². The molecule has 1 aromatic rings. The van der Waals surface area contributed by atoms with Gasteiger partial charge in [-0.1, -0.05) is 26.2 Å². The third kappa shape index (κ3) is 6.71. The molecule has 0 unspecified atom stereocenters. The van der Waals surface area contributed by atoms with E-state index in [0.717, 1.165) is 19.3 Å². The fourth-order valence-corrected chi connectivity index (χ4v) is 1.89. The minimum atomic E-state index is -0.462. The van der Waals surface area contributed by atoms with Crippen molar-refractivity contribution in [2.45, 2.75) is 32.6 Å². The maximum absolute atomic E-state index is 12.1. The summed E-state index contributed by atoms with van der Waals surface area (Å²) in [6, 6.07) is 3.51. The summed E-state index contributed by atoms with van der Waals surface area (Å²) < 4.78 is 0. The normalized spacial score (nSPS) is 11.5. The number of hydroxylamine groups is 2. The minimum absolute atomic E-state index is 0.0201. The Hall–Kier alpha value is -2.15. The Morgan fingerprint density at radius 1 is 1.52 bits per heavy atom. The molecule has 116 valence electrons. The van der Waals surface area contributed by atoms with Crippen LogP contribution in [0.15, 0.2) is 24.5 Å². The maximum Gasteiger partial charge on any atom is 0.243 e. The summed E-state index contributed by atoms with van der Waals surface area (Å²) in [7, 11) is 0. The zero-order valence-electron chi connectivity index (χ0n) is 12.2. The molecule has 0 aromatic carbocycles. The summed E-state index contributed by atoms with van der Waals surface area (Å²) in [6.07, 6.45) is 7.04. The monoisotopic (exact) mass is 294 g/mol. The Morgan fingerprint density at radius 2 is 2.33 bits per heavy atom. The highest BCUT2D eigenvalue weighted by atomic mass is 16.5. The number of anilines is 1. The van der Waals surface area contributed by atoms with Gasteiger partial charge >= 0.3 is 0 Å². The third-order valence-corrected chi connectivity index (χ3v) is 3.05. The van der Waals surface area contributed by atoms with Crippen molar-refractivity contribution in [3.8, 4) is 0 Å². The number of hydrazine groups is 1. The van der Waals surface area contributed by atoms with Crippen molar-refractivity contribution in [1.82, 2.24) is 15.5 Å². The number of aromatic nitrogens is 1. The first-order valence-corrected chi connectivity index (χ1v) is 7.04. The molecular weight excluding hydrogens is 272 g/mol. The average Bonchev–Trinajstić information content (AvgIpc) is 2.52. The SMILES string of the molecule is CCCCC[C@H](CN(O)C=O)C(=O)NNc1cccnc1. The van der Waals surface area contributed by atoms with Crippen molar-refractivity contribution in [2.75, 3.05) is 12.0 Å². The van der Waals surface area contributed by atoms with Crippen LogP contribution in [0.1, 0.15) is 32.6 Å². The van der Waals surface area contributed by atoms with E-state index in [1.807, 2.05) is 0 Å². The van der Waals surface area contributed by atoms with Crippen LogP contribution in [-0.4, -0.2) is 34.1 Å². The highest BCUT2D eigenvalue weighted by Gasteiger charge is 2.20. The zero-order chi connectivity index (χ0) is 15.5. The van der Waals surface area contributed by atoms with E-state index in [4.69, 9.17) is 0 Å². The largest absolute Gasteiger partial charge is 0.297 e. The van der Waals surface area contributed by atoms with Crippen LogP contribution in [0.2, 0.25) is 0 Å². The quantitative estimate of drug-likeness (QED) is 0.263. The minimum Gasteiger partial charge on any atom is -0.297 e. The van der Waals surface area contributed by atoms with E-state index in [2.05, 4.69) is 22.8 Å². The zero-order valence-corrected chi connectivity index (χ0v) is 12.2. The van der Waals surface area contributed by atoms with E-state index in [1.165, 1.54) is 0 Å². The van der Waals surface area contributed by atoms with Crippen molar-refractivity contribution < 1.29 is 14.8 Å². The molecule has 1 rings (SSSR count). The van der Waals surface area contributed by atoms with Crippen LogP contribution < -0.4 is 10.9 Å². The molecule has 0 saturated heterocycles. The first-order chi connectivity index (χ1) is 10.2. The Labute approximate surface area is 124 Å². The molecule has 1 aromatic heterocycles. The second-order valence-electron chi connectivity index (χ2n) is 4.78. The van der Waals surface area contributed by atoms with Gasteiger partial charge in [-0.15, -0.1) is 0 Å². The van der Waals surface area contributed by atoms with Crippen molar-refractivity contribution in [3.05, 3.63) is 24.5 Å². The lowest BCUT2D eigenvalue weighted by atomic mass is 10.0. The van der Waals surface area contributed by atoms with Crippen LogP contribution in [0.25, 0.3) is 0 Å². The van der Waals surface area contributed by atoms with Crippen LogP contribution in [0.3, 0.4) is 0 Å². The molecule has 1 atom stereocenters. The predicted octanol–water partition coefficient (Wildman–Crippen LogP) is 1.57. The second kappa shape index (κ2) is 9.71. The molecule has 2 amide bonds. The van der Waals surface area contributed by atoms with Gasteiger partial charge in [-0.2, -0.15) is 0 Å². The molecule has 7 heteroatoms. The lowest BCUT2D eigenvalue weighted by Gasteiger charge is -2.20. The van der Waals surface area contributed by atoms with Crippen molar-refractivity contribution >= 4 is 18.0 Å². The molecule has 0 radical (unpaired) electrons. The molecule has 21 heavy (non-hydrogen) atoms. The number of nitrogens with zero attached hydrogens (tertiary/aromatic N) is 2. The summed E-state index contributed by atoms with van der Waals surface area (Å²) in [6.45, 7) is 2.05. The molecular formula is C14H22N4O3. The number of hydrogen-bond acceptors (Lipinski definition) is 5. The van der Waals surface area contributed by atoms with Crippen molar-refractivity contribution in [2.24, 2.45) is 5.92 Å². The molecule has 1 heterocycles. The standard InChI is InChI=1S/C14H22N4O3/c1-2-3-4-6-12(10-18(21)11-19)14(20)17-16-13-7-5-8-15-9-13/h5,7-9,11-12,16,21H,2-4,6,10H2,1H3,(H,17,20)/t12-/m1/s1. The fraction of sp³-hybridized carbons (Fsp3) is 0.500. The molecule has 0 saturated carbocycles. The van der Waals surface area contributed by atoms with Crippen molar-refractivity contribution in [3.63, 3.8) is 0 Å². The Balaban J connectivity index is 2.50. The molecule has 0 spiro atoms. The van der Waals surface area contributed by atoms with Gasteiger partial charge in [0, 0.05) is 6.20 Å². The number of pyridine rings is 1. The number of amides is 2. The van der Waals surface area contributed by atoms with Gasteiger partial charge in [-0.3, -0.25) is 30.6 Å². The molecule has 7 nitrogen and oxygen atoms in total. The van der Waals surface area contributed by atoms with Gasteiger partial charge in [0.2, 0.25) is 12.3 Å². The van der Waals surface area contributed by atoms with Crippen LogP contribution in [0.5, 0.6) is 0 Å². The maximum atomic E-state index is 12.1. The molecule has 0 bridgehead atoms. The average molecular weight is 294 g/mol. The van der Waals surface area contributed by atoms with Gasteiger partial charge in [0.25, 0.3) is 0 Å².